The molecule has 2 aliphatic rings. The summed E-state index contributed by atoms with van der Waals surface area (Å²) in [5, 5.41) is 5.64. The zero-order valence-electron chi connectivity index (χ0n) is 17.9. The molecular formula is C23H22ClN5O4. The van der Waals surface area contributed by atoms with Gasteiger partial charge in [-0.2, -0.15) is 15.0 Å². The number of carbonyl (C=O) groups excluding carboxylic acids is 1. The van der Waals surface area contributed by atoms with Crippen molar-refractivity contribution in [1.29, 1.82) is 0 Å². The van der Waals surface area contributed by atoms with Gasteiger partial charge in [0.2, 0.25) is 11.9 Å². The number of hydrogen-bond acceptors (Lipinski definition) is 9. The second-order valence-electron chi connectivity index (χ2n) is 7.13. The second-order valence-corrected chi connectivity index (χ2v) is 7.48. The van der Waals surface area contributed by atoms with Gasteiger partial charge in [-0.1, -0.05) is 18.7 Å². The van der Waals surface area contributed by atoms with Gasteiger partial charge in [-0.3, -0.25) is 4.79 Å². The van der Waals surface area contributed by atoms with Crippen LogP contribution in [0.2, 0.25) is 0 Å². The van der Waals surface area contributed by atoms with Gasteiger partial charge in [0.15, 0.2) is 0 Å². The Labute approximate surface area is 195 Å². The fourth-order valence-corrected chi connectivity index (χ4v) is 3.14. The molecule has 0 radical (unpaired) electrons. The summed E-state index contributed by atoms with van der Waals surface area (Å²) in [6.45, 7) is 7.13. The predicted molar refractivity (Wildman–Crippen MR) is 125 cm³/mol. The van der Waals surface area contributed by atoms with Gasteiger partial charge in [0.1, 0.15) is 24.7 Å². The van der Waals surface area contributed by atoms with E-state index in [4.69, 9.17) is 25.8 Å². The van der Waals surface area contributed by atoms with Crippen molar-refractivity contribution < 1.29 is 19.0 Å². The maximum absolute atomic E-state index is 11.9. The van der Waals surface area contributed by atoms with Crippen molar-refractivity contribution in [2.24, 2.45) is 0 Å². The van der Waals surface area contributed by atoms with Gasteiger partial charge in [0.25, 0.3) is 5.24 Å². The summed E-state index contributed by atoms with van der Waals surface area (Å²) < 4.78 is 17.1. The van der Waals surface area contributed by atoms with Crippen molar-refractivity contribution in [1.82, 2.24) is 15.0 Å². The minimum atomic E-state index is -0.633. The van der Waals surface area contributed by atoms with Crippen molar-refractivity contribution in [2.45, 2.75) is 13.5 Å². The molecule has 0 atom stereocenters. The quantitative estimate of drug-likeness (QED) is 0.429. The lowest BCUT2D eigenvalue weighted by Crippen LogP contribution is -2.11. The SMILES string of the molecule is C=C1COc2ccc(cc2)CNc2nc(nc(OCC)n2)Nc2ccc(C(=O)Cl)c(c2)OC1. The van der Waals surface area contributed by atoms with Crippen molar-refractivity contribution >= 4 is 34.4 Å². The van der Waals surface area contributed by atoms with Crippen molar-refractivity contribution in [3.05, 3.63) is 65.7 Å². The number of fused-ring (bicyclic) bond motifs is 7. The fraction of sp³-hybridized carbons (Fsp3) is 0.217. The molecule has 170 valence electrons. The number of halogens is 1. The maximum Gasteiger partial charge on any atom is 0.323 e. The van der Waals surface area contributed by atoms with Crippen LogP contribution < -0.4 is 24.8 Å². The van der Waals surface area contributed by atoms with Crippen molar-refractivity contribution in [3.8, 4) is 17.5 Å². The van der Waals surface area contributed by atoms with Gasteiger partial charge in [-0.25, -0.2) is 0 Å². The number of aromatic nitrogens is 3. The largest absolute Gasteiger partial charge is 0.489 e. The summed E-state index contributed by atoms with van der Waals surface area (Å²) in [5.74, 6) is 1.60. The van der Waals surface area contributed by atoms with E-state index in [9.17, 15) is 4.79 Å². The molecule has 5 rings (SSSR count). The molecule has 6 bridgehead atoms. The van der Waals surface area contributed by atoms with Crippen LogP contribution in [0.4, 0.5) is 17.6 Å². The van der Waals surface area contributed by atoms with Crippen LogP contribution in [0.3, 0.4) is 0 Å². The normalized spacial score (nSPS) is 13.5. The summed E-state index contributed by atoms with van der Waals surface area (Å²) >= 11 is 5.73. The first-order valence-electron chi connectivity index (χ1n) is 10.2. The number of rotatable bonds is 3. The second kappa shape index (κ2) is 10.2. The van der Waals surface area contributed by atoms with Crippen LogP contribution in [0.25, 0.3) is 0 Å². The Morgan fingerprint density at radius 3 is 2.61 bits per heavy atom. The minimum Gasteiger partial charge on any atom is -0.489 e. The lowest BCUT2D eigenvalue weighted by atomic mass is 10.2. The molecule has 0 unspecified atom stereocenters. The number of anilines is 3. The van der Waals surface area contributed by atoms with E-state index in [0.29, 0.717) is 41.9 Å². The highest BCUT2D eigenvalue weighted by Gasteiger charge is 2.14. The molecule has 0 fully saturated rings. The van der Waals surface area contributed by atoms with Gasteiger partial charge in [0, 0.05) is 18.3 Å². The molecule has 0 spiro atoms. The van der Waals surface area contributed by atoms with E-state index in [0.717, 1.165) is 5.56 Å². The molecule has 3 aromatic rings. The van der Waals surface area contributed by atoms with Crippen molar-refractivity contribution in [3.63, 3.8) is 0 Å². The first kappa shape index (κ1) is 22.3. The van der Waals surface area contributed by atoms with E-state index < -0.39 is 5.24 Å². The first-order valence-corrected chi connectivity index (χ1v) is 10.6. The fourth-order valence-electron chi connectivity index (χ4n) is 2.99. The van der Waals surface area contributed by atoms with Gasteiger partial charge >= 0.3 is 6.01 Å². The maximum atomic E-state index is 11.9. The van der Waals surface area contributed by atoms with Crippen LogP contribution in [0, 0.1) is 0 Å². The average molecular weight is 468 g/mol. The van der Waals surface area contributed by atoms with Crippen LogP contribution in [0.1, 0.15) is 22.8 Å². The van der Waals surface area contributed by atoms with E-state index >= 15 is 0 Å². The lowest BCUT2D eigenvalue weighted by molar-refractivity contribution is 0.107. The Morgan fingerprint density at radius 1 is 1.09 bits per heavy atom. The summed E-state index contributed by atoms with van der Waals surface area (Å²) in [5.41, 5.74) is 2.53. The van der Waals surface area contributed by atoms with Gasteiger partial charge in [-0.05, 0) is 53.9 Å². The third-order valence-corrected chi connectivity index (χ3v) is 4.79. The molecule has 0 saturated carbocycles. The highest BCUT2D eigenvalue weighted by atomic mass is 35.5. The van der Waals surface area contributed by atoms with Crippen LogP contribution in [0.5, 0.6) is 17.5 Å². The molecule has 0 amide bonds. The zero-order valence-corrected chi connectivity index (χ0v) is 18.7. The first-order chi connectivity index (χ1) is 16.0. The standard InChI is InChI=1S/C23H22ClN5O4/c1-3-31-23-28-21-25-11-15-4-7-17(8-5-15)32-12-14(2)13-33-19-10-16(26-22(27-21)29-23)6-9-18(19)20(24)30/h4-10H,2-3,11-13H2,1H3,(H2,25,26,27,28,29). The number of nitrogens with zero attached hydrogens (tertiary/aromatic N) is 3. The Hall–Kier alpha value is -3.85. The molecule has 2 N–H and O–H groups in total. The van der Waals surface area contributed by atoms with E-state index in [1.54, 1.807) is 18.2 Å². The predicted octanol–water partition coefficient (Wildman–Crippen LogP) is 4.33. The molecule has 0 saturated heterocycles. The van der Waals surface area contributed by atoms with E-state index in [-0.39, 0.29) is 30.7 Å². The van der Waals surface area contributed by atoms with E-state index in [1.807, 2.05) is 31.2 Å². The number of ether oxygens (including phenoxy) is 3. The Balaban J connectivity index is 1.71. The monoisotopic (exact) mass is 467 g/mol. The van der Waals surface area contributed by atoms with E-state index in [1.165, 1.54) is 0 Å². The minimum absolute atomic E-state index is 0.146. The Kier molecular flexibility index (Phi) is 6.89. The smallest absolute Gasteiger partial charge is 0.323 e. The summed E-state index contributed by atoms with van der Waals surface area (Å²) in [4.78, 5) is 24.9. The molecule has 0 aliphatic carbocycles. The number of carbonyl (C=O) groups is 1. The third-order valence-electron chi connectivity index (χ3n) is 4.59. The molecule has 2 aliphatic heterocycles. The number of benzene rings is 2. The van der Waals surface area contributed by atoms with Crippen LogP contribution in [0.15, 0.2) is 54.6 Å². The molecular weight excluding hydrogens is 446 g/mol. The number of nitrogens with one attached hydrogen (secondary N) is 2. The Bertz CT molecular complexity index is 1170. The van der Waals surface area contributed by atoms with Gasteiger partial charge < -0.3 is 24.8 Å². The van der Waals surface area contributed by atoms with Crippen molar-refractivity contribution in [2.75, 3.05) is 30.5 Å². The lowest BCUT2D eigenvalue weighted by Gasteiger charge is -2.15. The molecule has 33 heavy (non-hydrogen) atoms. The van der Waals surface area contributed by atoms with Crippen LogP contribution >= 0.6 is 11.6 Å². The zero-order chi connectivity index (χ0) is 23.2. The molecule has 3 heterocycles. The van der Waals surface area contributed by atoms with Crippen LogP contribution in [-0.4, -0.2) is 40.0 Å². The number of hydrogen-bond donors (Lipinski definition) is 2. The van der Waals surface area contributed by atoms with E-state index in [2.05, 4.69) is 32.2 Å². The van der Waals surface area contributed by atoms with Gasteiger partial charge in [0.05, 0.1) is 12.2 Å². The molecule has 1 aromatic heterocycles. The molecule has 2 aromatic carbocycles. The highest BCUT2D eigenvalue weighted by molar-refractivity contribution is 6.68. The molecule has 9 nitrogen and oxygen atoms in total. The van der Waals surface area contributed by atoms with Crippen LogP contribution in [-0.2, 0) is 6.54 Å². The van der Waals surface area contributed by atoms with Gasteiger partial charge in [-0.15, -0.1) is 0 Å². The molecule has 10 heteroatoms. The topological polar surface area (TPSA) is 107 Å². The summed E-state index contributed by atoms with van der Waals surface area (Å²) in [6.07, 6.45) is 0. The average Bonchev–Trinajstić information content (AvgIpc) is 2.80. The summed E-state index contributed by atoms with van der Waals surface area (Å²) in [6, 6.07) is 12.7. The third kappa shape index (κ3) is 5.89. The highest BCUT2D eigenvalue weighted by Crippen LogP contribution is 2.27. The Morgan fingerprint density at radius 2 is 1.85 bits per heavy atom. The summed E-state index contributed by atoms with van der Waals surface area (Å²) in [7, 11) is 0.